The molecular formula is C14H22O2. The Morgan fingerprint density at radius 1 is 1.12 bits per heavy atom. The third-order valence-electron chi connectivity index (χ3n) is 4.80. The second-order valence-electron chi connectivity index (χ2n) is 5.92. The van der Waals surface area contributed by atoms with Gasteiger partial charge in [-0.3, -0.25) is 0 Å². The molecule has 0 N–H and O–H groups in total. The number of methoxy groups -OCH3 is 1. The van der Waals surface area contributed by atoms with Crippen LogP contribution in [-0.2, 0) is 9.47 Å². The average molecular weight is 222 g/mol. The fourth-order valence-electron chi connectivity index (χ4n) is 4.14. The molecule has 1 heterocycles. The summed E-state index contributed by atoms with van der Waals surface area (Å²) >= 11 is 0. The summed E-state index contributed by atoms with van der Waals surface area (Å²) in [6.07, 6.45) is 7.84. The molecule has 0 aromatic carbocycles. The Hall–Kier alpha value is -0.340. The van der Waals surface area contributed by atoms with Gasteiger partial charge in [0.2, 0.25) is 0 Å². The molecule has 7 atom stereocenters. The van der Waals surface area contributed by atoms with E-state index in [1.54, 1.807) is 7.11 Å². The Labute approximate surface area is 98.0 Å². The minimum Gasteiger partial charge on any atom is -0.356 e. The fourth-order valence-corrected chi connectivity index (χ4v) is 4.14. The second-order valence-corrected chi connectivity index (χ2v) is 5.92. The van der Waals surface area contributed by atoms with Crippen molar-refractivity contribution in [1.82, 2.24) is 0 Å². The standard InChI is InChI=1S/C14H22O2/c1-8-6-10-5-4-9(2)12-13(10)11(7-8)16-14(12)15-3/h4-5,8-14H,6-7H2,1-3H3/t8-,9-,10-,11-,12+,13+,14?/m0/s1. The second kappa shape index (κ2) is 3.85. The van der Waals surface area contributed by atoms with Gasteiger partial charge < -0.3 is 9.47 Å². The van der Waals surface area contributed by atoms with E-state index in [1.165, 1.54) is 12.8 Å². The molecule has 3 aliphatic rings. The normalized spacial score (nSPS) is 55.1. The molecule has 16 heavy (non-hydrogen) atoms. The summed E-state index contributed by atoms with van der Waals surface area (Å²) in [5.74, 6) is 3.42. The van der Waals surface area contributed by atoms with Gasteiger partial charge in [0.15, 0.2) is 6.29 Å². The van der Waals surface area contributed by atoms with Crippen LogP contribution in [0.5, 0.6) is 0 Å². The molecule has 0 bridgehead atoms. The van der Waals surface area contributed by atoms with Gasteiger partial charge in [0.25, 0.3) is 0 Å². The van der Waals surface area contributed by atoms with Crippen molar-refractivity contribution < 1.29 is 9.47 Å². The molecule has 2 fully saturated rings. The molecule has 3 rings (SSSR count). The van der Waals surface area contributed by atoms with E-state index in [-0.39, 0.29) is 6.29 Å². The van der Waals surface area contributed by atoms with E-state index in [4.69, 9.17) is 9.47 Å². The zero-order valence-corrected chi connectivity index (χ0v) is 10.4. The molecule has 90 valence electrons. The van der Waals surface area contributed by atoms with Crippen molar-refractivity contribution in [1.29, 1.82) is 0 Å². The Kier molecular flexibility index (Phi) is 2.60. The van der Waals surface area contributed by atoms with Crippen molar-refractivity contribution in [3.8, 4) is 0 Å². The predicted octanol–water partition coefficient (Wildman–Crippen LogP) is 2.84. The maximum atomic E-state index is 6.11. The van der Waals surface area contributed by atoms with Gasteiger partial charge in [-0.05, 0) is 36.5 Å². The van der Waals surface area contributed by atoms with E-state index < -0.39 is 0 Å². The van der Waals surface area contributed by atoms with Crippen LogP contribution in [-0.4, -0.2) is 19.5 Å². The molecule has 0 aromatic heterocycles. The first-order chi connectivity index (χ1) is 7.70. The smallest absolute Gasteiger partial charge is 0.161 e. The van der Waals surface area contributed by atoms with Crippen molar-refractivity contribution in [2.75, 3.05) is 7.11 Å². The fraction of sp³-hybridized carbons (Fsp3) is 0.857. The lowest BCUT2D eigenvalue weighted by Crippen LogP contribution is -2.39. The molecule has 2 heteroatoms. The SMILES string of the molecule is COC1O[C@H]2C[C@@H](C)C[C@@H]3C=C[C@H](C)[C@@H]1[C@@H]23. The summed E-state index contributed by atoms with van der Waals surface area (Å²) in [6.45, 7) is 4.65. The van der Waals surface area contributed by atoms with E-state index in [0.29, 0.717) is 23.9 Å². The van der Waals surface area contributed by atoms with Crippen molar-refractivity contribution in [3.63, 3.8) is 0 Å². The average Bonchev–Trinajstić information content (AvgIpc) is 2.63. The van der Waals surface area contributed by atoms with Crippen LogP contribution >= 0.6 is 0 Å². The summed E-state index contributed by atoms with van der Waals surface area (Å²) in [5, 5.41) is 0. The van der Waals surface area contributed by atoms with Crippen LogP contribution in [0.2, 0.25) is 0 Å². The van der Waals surface area contributed by atoms with Crippen molar-refractivity contribution >= 4 is 0 Å². The van der Waals surface area contributed by atoms with E-state index >= 15 is 0 Å². The molecule has 2 aliphatic carbocycles. The molecule has 0 aromatic rings. The van der Waals surface area contributed by atoms with E-state index in [2.05, 4.69) is 26.0 Å². The van der Waals surface area contributed by atoms with Crippen LogP contribution in [0, 0.1) is 29.6 Å². The minimum atomic E-state index is 0.0303. The van der Waals surface area contributed by atoms with Crippen molar-refractivity contribution in [2.45, 2.75) is 39.1 Å². The lowest BCUT2D eigenvalue weighted by molar-refractivity contribution is -0.138. The third-order valence-corrected chi connectivity index (χ3v) is 4.80. The summed E-state index contributed by atoms with van der Waals surface area (Å²) in [5.41, 5.74) is 0. The zero-order chi connectivity index (χ0) is 11.3. The highest BCUT2D eigenvalue weighted by atomic mass is 16.7. The largest absolute Gasteiger partial charge is 0.356 e. The van der Waals surface area contributed by atoms with Crippen LogP contribution in [0.1, 0.15) is 26.7 Å². The van der Waals surface area contributed by atoms with Gasteiger partial charge in [0.1, 0.15) is 0 Å². The van der Waals surface area contributed by atoms with Gasteiger partial charge in [0, 0.05) is 13.0 Å². The Balaban J connectivity index is 1.92. The highest BCUT2D eigenvalue weighted by molar-refractivity contribution is 5.11. The number of rotatable bonds is 1. The first-order valence-electron chi connectivity index (χ1n) is 6.57. The highest BCUT2D eigenvalue weighted by Crippen LogP contribution is 2.52. The molecule has 2 nitrogen and oxygen atoms in total. The van der Waals surface area contributed by atoms with E-state index in [9.17, 15) is 0 Å². The molecule has 0 amide bonds. The number of ether oxygens (including phenoxy) is 2. The quantitative estimate of drug-likeness (QED) is 0.635. The van der Waals surface area contributed by atoms with Gasteiger partial charge in [-0.1, -0.05) is 26.0 Å². The Morgan fingerprint density at radius 2 is 1.94 bits per heavy atom. The summed E-state index contributed by atoms with van der Waals surface area (Å²) < 4.78 is 11.6. The monoisotopic (exact) mass is 222 g/mol. The minimum absolute atomic E-state index is 0.0303. The molecule has 0 spiro atoms. The summed E-state index contributed by atoms with van der Waals surface area (Å²) in [4.78, 5) is 0. The van der Waals surface area contributed by atoms with Gasteiger partial charge in [-0.15, -0.1) is 0 Å². The summed E-state index contributed by atoms with van der Waals surface area (Å²) in [6, 6.07) is 0. The maximum Gasteiger partial charge on any atom is 0.161 e. The first-order valence-corrected chi connectivity index (χ1v) is 6.57. The molecule has 1 saturated heterocycles. The zero-order valence-electron chi connectivity index (χ0n) is 10.4. The van der Waals surface area contributed by atoms with Crippen LogP contribution in [0.4, 0.5) is 0 Å². The highest BCUT2D eigenvalue weighted by Gasteiger charge is 2.53. The van der Waals surface area contributed by atoms with Gasteiger partial charge in [-0.25, -0.2) is 0 Å². The number of hydrogen-bond donors (Lipinski definition) is 0. The van der Waals surface area contributed by atoms with E-state index in [1.807, 2.05) is 0 Å². The maximum absolute atomic E-state index is 6.11. The first kappa shape index (κ1) is 10.8. The van der Waals surface area contributed by atoms with Crippen LogP contribution in [0.25, 0.3) is 0 Å². The summed E-state index contributed by atoms with van der Waals surface area (Å²) in [7, 11) is 1.78. The Bertz CT molecular complexity index is 299. The van der Waals surface area contributed by atoms with Gasteiger partial charge in [0.05, 0.1) is 6.10 Å². The van der Waals surface area contributed by atoms with Crippen LogP contribution < -0.4 is 0 Å². The van der Waals surface area contributed by atoms with E-state index in [0.717, 1.165) is 11.8 Å². The third kappa shape index (κ3) is 1.46. The predicted molar refractivity (Wildman–Crippen MR) is 62.8 cm³/mol. The Morgan fingerprint density at radius 3 is 2.69 bits per heavy atom. The van der Waals surface area contributed by atoms with Gasteiger partial charge in [-0.2, -0.15) is 0 Å². The molecule has 0 radical (unpaired) electrons. The topological polar surface area (TPSA) is 18.5 Å². The number of allylic oxidation sites excluding steroid dienone is 2. The molecule has 1 aliphatic heterocycles. The molecule has 1 unspecified atom stereocenters. The van der Waals surface area contributed by atoms with Crippen LogP contribution in [0.3, 0.4) is 0 Å². The van der Waals surface area contributed by atoms with Gasteiger partial charge >= 0.3 is 0 Å². The van der Waals surface area contributed by atoms with Crippen molar-refractivity contribution in [2.24, 2.45) is 29.6 Å². The number of hydrogen-bond acceptors (Lipinski definition) is 2. The lowest BCUT2D eigenvalue weighted by atomic mass is 9.63. The lowest BCUT2D eigenvalue weighted by Gasteiger charge is -2.41. The van der Waals surface area contributed by atoms with Crippen molar-refractivity contribution in [3.05, 3.63) is 12.2 Å². The molecular weight excluding hydrogens is 200 g/mol. The van der Waals surface area contributed by atoms with Crippen LogP contribution in [0.15, 0.2) is 12.2 Å². The molecule has 1 saturated carbocycles.